The van der Waals surface area contributed by atoms with E-state index in [9.17, 15) is 4.79 Å². The zero-order valence-corrected chi connectivity index (χ0v) is 13.3. The maximum absolute atomic E-state index is 11.8. The minimum Gasteiger partial charge on any atom is -0.466 e. The summed E-state index contributed by atoms with van der Waals surface area (Å²) in [6, 6.07) is 4.03. The Morgan fingerprint density at radius 2 is 2.09 bits per heavy atom. The lowest BCUT2D eigenvalue weighted by Gasteiger charge is -2.07. The largest absolute Gasteiger partial charge is 0.466 e. The molecule has 0 aliphatic heterocycles. The first-order chi connectivity index (χ1) is 10.5. The Balaban J connectivity index is 1.89. The summed E-state index contributed by atoms with van der Waals surface area (Å²) in [5.74, 6) is 2.38. The van der Waals surface area contributed by atoms with Crippen LogP contribution in [0.3, 0.4) is 0 Å². The maximum Gasteiger partial charge on any atom is 0.309 e. The number of carbonyl (C=O) groups excluding carboxylic acids is 1. The van der Waals surface area contributed by atoms with E-state index >= 15 is 0 Å². The van der Waals surface area contributed by atoms with E-state index in [0.717, 1.165) is 35.1 Å². The average Bonchev–Trinajstić information content (AvgIpc) is 3.18. The lowest BCUT2D eigenvalue weighted by atomic mass is 10.1. The molecule has 1 aliphatic carbocycles. The van der Waals surface area contributed by atoms with Crippen molar-refractivity contribution < 1.29 is 9.53 Å². The van der Waals surface area contributed by atoms with Crippen molar-refractivity contribution in [3.8, 4) is 5.82 Å². The predicted octanol–water partition coefficient (Wildman–Crippen LogP) is 2.25. The summed E-state index contributed by atoms with van der Waals surface area (Å²) >= 11 is 0. The highest BCUT2D eigenvalue weighted by molar-refractivity contribution is 5.77. The van der Waals surface area contributed by atoms with Gasteiger partial charge in [-0.15, -0.1) is 5.10 Å². The molecule has 0 bridgehead atoms. The third kappa shape index (κ3) is 2.73. The fourth-order valence-corrected chi connectivity index (χ4v) is 2.81. The van der Waals surface area contributed by atoms with E-state index in [1.807, 2.05) is 39.8 Å². The predicted molar refractivity (Wildman–Crippen MR) is 80.8 cm³/mol. The zero-order chi connectivity index (χ0) is 15.9. The smallest absolute Gasteiger partial charge is 0.309 e. The summed E-state index contributed by atoms with van der Waals surface area (Å²) < 4.78 is 6.85. The molecule has 0 aromatic carbocycles. The van der Waals surface area contributed by atoms with Gasteiger partial charge in [-0.1, -0.05) is 0 Å². The Morgan fingerprint density at radius 3 is 2.73 bits per heavy atom. The van der Waals surface area contributed by atoms with Gasteiger partial charge in [-0.2, -0.15) is 4.68 Å². The molecule has 0 N–H and O–H groups in total. The number of aromatic nitrogens is 4. The maximum atomic E-state index is 11.8. The molecule has 2 heterocycles. The summed E-state index contributed by atoms with van der Waals surface area (Å²) in [6.45, 7) is 7.98. The van der Waals surface area contributed by atoms with Crippen molar-refractivity contribution in [2.45, 2.75) is 40.0 Å². The second-order valence-corrected chi connectivity index (χ2v) is 5.72. The van der Waals surface area contributed by atoms with Crippen molar-refractivity contribution >= 4 is 5.97 Å². The number of aryl methyl sites for hydroxylation is 3. The van der Waals surface area contributed by atoms with Crippen LogP contribution in [0, 0.1) is 26.7 Å². The molecule has 1 saturated carbocycles. The fraction of sp³-hybridized carbons (Fsp3) is 0.500. The molecular formula is C16H20N4O2. The van der Waals surface area contributed by atoms with Crippen LogP contribution >= 0.6 is 0 Å². The Morgan fingerprint density at radius 1 is 1.32 bits per heavy atom. The topological polar surface area (TPSA) is 69.9 Å². The molecule has 6 nitrogen and oxygen atoms in total. The van der Waals surface area contributed by atoms with Crippen LogP contribution < -0.4 is 0 Å². The second-order valence-electron chi connectivity index (χ2n) is 5.72. The van der Waals surface area contributed by atoms with E-state index in [1.165, 1.54) is 0 Å². The van der Waals surface area contributed by atoms with E-state index < -0.39 is 0 Å². The lowest BCUT2D eigenvalue weighted by Crippen LogP contribution is -2.08. The SMILES string of the molecule is CCOC(=O)C1CC1c1cc(C)nc(-n2nc(C)nc2C)c1. The minimum atomic E-state index is -0.101. The van der Waals surface area contributed by atoms with Crippen LogP contribution in [0.25, 0.3) is 5.82 Å². The summed E-state index contributed by atoms with van der Waals surface area (Å²) in [5.41, 5.74) is 2.03. The number of nitrogens with zero attached hydrogens (tertiary/aromatic N) is 4. The van der Waals surface area contributed by atoms with Gasteiger partial charge in [-0.25, -0.2) is 9.97 Å². The molecule has 6 heteroatoms. The van der Waals surface area contributed by atoms with Crippen molar-refractivity contribution in [1.29, 1.82) is 0 Å². The Hall–Kier alpha value is -2.24. The monoisotopic (exact) mass is 300 g/mol. The summed E-state index contributed by atoms with van der Waals surface area (Å²) in [4.78, 5) is 20.7. The number of rotatable bonds is 4. The molecule has 0 saturated heterocycles. The van der Waals surface area contributed by atoms with E-state index in [1.54, 1.807) is 4.68 Å². The quantitative estimate of drug-likeness (QED) is 0.810. The summed E-state index contributed by atoms with van der Waals surface area (Å²) in [6.07, 6.45) is 0.844. The Labute approximate surface area is 129 Å². The van der Waals surface area contributed by atoms with E-state index in [2.05, 4.69) is 15.1 Å². The second kappa shape index (κ2) is 5.51. The third-order valence-corrected chi connectivity index (χ3v) is 3.86. The lowest BCUT2D eigenvalue weighted by molar-refractivity contribution is -0.144. The first-order valence-electron chi connectivity index (χ1n) is 7.55. The van der Waals surface area contributed by atoms with E-state index in [0.29, 0.717) is 6.61 Å². The van der Waals surface area contributed by atoms with Gasteiger partial charge in [0.1, 0.15) is 11.6 Å². The van der Waals surface area contributed by atoms with Crippen molar-refractivity contribution in [3.05, 3.63) is 35.0 Å². The van der Waals surface area contributed by atoms with Crippen LogP contribution in [0.4, 0.5) is 0 Å². The number of pyridine rings is 1. The average molecular weight is 300 g/mol. The highest BCUT2D eigenvalue weighted by Gasteiger charge is 2.45. The Bertz CT molecular complexity index is 723. The van der Waals surface area contributed by atoms with Crippen LogP contribution in [-0.2, 0) is 9.53 Å². The number of ether oxygens (including phenoxy) is 1. The molecule has 2 aromatic heterocycles. The van der Waals surface area contributed by atoms with Gasteiger partial charge in [0.15, 0.2) is 5.82 Å². The molecule has 0 spiro atoms. The van der Waals surface area contributed by atoms with Gasteiger partial charge < -0.3 is 4.74 Å². The van der Waals surface area contributed by atoms with Gasteiger partial charge in [0.2, 0.25) is 0 Å². The highest BCUT2D eigenvalue weighted by Crippen LogP contribution is 2.48. The minimum absolute atomic E-state index is 0.0202. The molecule has 0 radical (unpaired) electrons. The standard InChI is InChI=1S/C16H20N4O2/c1-5-22-16(21)14-8-13(14)12-6-9(2)17-15(7-12)20-11(4)18-10(3)19-20/h6-7,13-14H,5,8H2,1-4H3. The van der Waals surface area contributed by atoms with Gasteiger partial charge in [0, 0.05) is 5.69 Å². The molecule has 2 aromatic rings. The molecule has 2 unspecified atom stereocenters. The normalized spacial score (nSPS) is 20.0. The molecule has 1 fully saturated rings. The highest BCUT2D eigenvalue weighted by atomic mass is 16.5. The fourth-order valence-electron chi connectivity index (χ4n) is 2.81. The number of hydrogen-bond donors (Lipinski definition) is 0. The summed E-state index contributed by atoms with van der Waals surface area (Å²) in [7, 11) is 0. The Kier molecular flexibility index (Phi) is 3.68. The van der Waals surface area contributed by atoms with Crippen LogP contribution in [0.1, 0.15) is 42.2 Å². The van der Waals surface area contributed by atoms with E-state index in [-0.39, 0.29) is 17.8 Å². The number of hydrogen-bond acceptors (Lipinski definition) is 5. The van der Waals surface area contributed by atoms with Crippen molar-refractivity contribution in [2.24, 2.45) is 5.92 Å². The molecule has 3 rings (SSSR count). The first kappa shape index (κ1) is 14.7. The number of esters is 1. The number of carbonyl (C=O) groups is 1. The van der Waals surface area contributed by atoms with Crippen molar-refractivity contribution in [3.63, 3.8) is 0 Å². The first-order valence-corrected chi connectivity index (χ1v) is 7.55. The molecule has 116 valence electrons. The summed E-state index contributed by atoms with van der Waals surface area (Å²) in [5, 5.41) is 4.38. The van der Waals surface area contributed by atoms with Crippen molar-refractivity contribution in [2.75, 3.05) is 6.61 Å². The van der Waals surface area contributed by atoms with Gasteiger partial charge in [-0.05, 0) is 57.7 Å². The van der Waals surface area contributed by atoms with Crippen LogP contribution in [0.2, 0.25) is 0 Å². The molecule has 2 atom stereocenters. The van der Waals surface area contributed by atoms with Gasteiger partial charge in [0.25, 0.3) is 0 Å². The molecular weight excluding hydrogens is 280 g/mol. The molecule has 0 amide bonds. The van der Waals surface area contributed by atoms with E-state index in [4.69, 9.17) is 4.74 Å². The van der Waals surface area contributed by atoms with Gasteiger partial charge in [-0.3, -0.25) is 4.79 Å². The van der Waals surface area contributed by atoms with Crippen molar-refractivity contribution in [1.82, 2.24) is 19.7 Å². The van der Waals surface area contributed by atoms with Crippen LogP contribution in [0.15, 0.2) is 12.1 Å². The van der Waals surface area contributed by atoms with Gasteiger partial charge >= 0.3 is 5.97 Å². The molecule has 1 aliphatic rings. The van der Waals surface area contributed by atoms with Gasteiger partial charge in [0.05, 0.1) is 12.5 Å². The zero-order valence-electron chi connectivity index (χ0n) is 13.3. The van der Waals surface area contributed by atoms with Crippen LogP contribution in [-0.4, -0.2) is 32.3 Å². The molecule has 22 heavy (non-hydrogen) atoms. The third-order valence-electron chi connectivity index (χ3n) is 3.86. The van der Waals surface area contributed by atoms with Crippen LogP contribution in [0.5, 0.6) is 0 Å².